The smallest absolute Gasteiger partial charge is 0.292 e. The first kappa shape index (κ1) is 41.1. The molecule has 5 atom stereocenters. The molecule has 13 nitrogen and oxygen atoms in total. The molecular weight excluding hydrogens is 726 g/mol. The van der Waals surface area contributed by atoms with Gasteiger partial charge in [-0.3, -0.25) is 34.3 Å². The van der Waals surface area contributed by atoms with E-state index in [-0.39, 0.29) is 37.3 Å². The minimum Gasteiger partial charge on any atom is -0.381 e. The summed E-state index contributed by atoms with van der Waals surface area (Å²) in [5.41, 5.74) is 2.61. The molecule has 0 bridgehead atoms. The number of nitrogens with zero attached hydrogens (tertiary/aromatic N) is 2. The van der Waals surface area contributed by atoms with E-state index in [2.05, 4.69) is 16.1 Å². The largest absolute Gasteiger partial charge is 0.381 e. The second kappa shape index (κ2) is 17.7. The van der Waals surface area contributed by atoms with Crippen LogP contribution in [0.2, 0.25) is 5.02 Å². The van der Waals surface area contributed by atoms with Crippen molar-refractivity contribution in [1.29, 1.82) is 0 Å². The summed E-state index contributed by atoms with van der Waals surface area (Å²) in [4.78, 5) is 78.6. The number of Topliss-reactive ketones (excluding diaryl/α,β-unsaturated/α-hetero) is 1. The van der Waals surface area contributed by atoms with Gasteiger partial charge in [-0.15, -0.1) is 0 Å². The summed E-state index contributed by atoms with van der Waals surface area (Å²) >= 11 is 6.28. The van der Waals surface area contributed by atoms with Gasteiger partial charge in [0.25, 0.3) is 5.91 Å². The molecule has 1 spiro atoms. The van der Waals surface area contributed by atoms with Crippen molar-refractivity contribution in [3.63, 3.8) is 0 Å². The van der Waals surface area contributed by atoms with Gasteiger partial charge in [0.05, 0.1) is 37.6 Å². The third-order valence-corrected chi connectivity index (χ3v) is 11.8. The van der Waals surface area contributed by atoms with E-state index in [4.69, 9.17) is 25.9 Å². The molecule has 5 aliphatic rings. The SMILES string of the molecule is CCC[C@H](NC(=O)[C@@H]1C[C@]2(C=C(c3cccc(Cl)c3)NO2)CN1C(=O)[C@@H](NC(=O)CC1CCCCC1)C(C)(C)C)C(=O)C(=O)N1CC(OCC2CCOC2)C1. The number of ether oxygens (including phenoxy) is 2. The van der Waals surface area contributed by atoms with Gasteiger partial charge in [0.2, 0.25) is 23.5 Å². The maximum atomic E-state index is 14.7. The summed E-state index contributed by atoms with van der Waals surface area (Å²) in [5, 5.41) is 6.44. The van der Waals surface area contributed by atoms with Crippen LogP contribution in [0.1, 0.15) is 97.5 Å². The third-order valence-electron chi connectivity index (χ3n) is 11.6. The number of likely N-dealkylation sites (tertiary alicyclic amines) is 2. The fraction of sp³-hybridized carbons (Fsp3) is 0.683. The molecule has 1 unspecified atom stereocenters. The minimum atomic E-state index is -1.10. The monoisotopic (exact) mass is 783 g/mol. The second-order valence-electron chi connectivity index (χ2n) is 17.2. The predicted octanol–water partition coefficient (Wildman–Crippen LogP) is 4.17. The molecule has 1 saturated carbocycles. The average Bonchev–Trinajstić information content (AvgIpc) is 3.90. The van der Waals surface area contributed by atoms with Crippen LogP contribution in [0.5, 0.6) is 0 Å². The number of ketones is 1. The lowest BCUT2D eigenvalue weighted by atomic mass is 9.84. The zero-order valence-electron chi connectivity index (χ0n) is 32.7. The van der Waals surface area contributed by atoms with Gasteiger partial charge in [-0.1, -0.05) is 77.1 Å². The summed E-state index contributed by atoms with van der Waals surface area (Å²) in [6.45, 7) is 10.1. The first-order chi connectivity index (χ1) is 26.2. The number of carbonyl (C=O) groups is 5. The van der Waals surface area contributed by atoms with Crippen LogP contribution in [0.15, 0.2) is 30.3 Å². The van der Waals surface area contributed by atoms with Gasteiger partial charge in [-0.05, 0) is 55.2 Å². The van der Waals surface area contributed by atoms with Gasteiger partial charge in [0, 0.05) is 49.0 Å². The highest BCUT2D eigenvalue weighted by atomic mass is 35.5. The van der Waals surface area contributed by atoms with Crippen molar-refractivity contribution in [1.82, 2.24) is 25.9 Å². The maximum Gasteiger partial charge on any atom is 0.292 e. The lowest BCUT2D eigenvalue weighted by Crippen LogP contribution is -2.61. The van der Waals surface area contributed by atoms with Crippen LogP contribution >= 0.6 is 11.6 Å². The molecule has 302 valence electrons. The van der Waals surface area contributed by atoms with Gasteiger partial charge in [0.15, 0.2) is 0 Å². The number of carbonyl (C=O) groups excluding carboxylic acids is 5. The molecule has 0 aromatic heterocycles. The first-order valence-electron chi connectivity index (χ1n) is 20.1. The van der Waals surface area contributed by atoms with E-state index in [9.17, 15) is 24.0 Å². The summed E-state index contributed by atoms with van der Waals surface area (Å²) < 4.78 is 11.4. The molecule has 3 N–H and O–H groups in total. The lowest BCUT2D eigenvalue weighted by Gasteiger charge is -2.39. The Morgan fingerprint density at radius 3 is 2.49 bits per heavy atom. The highest BCUT2D eigenvalue weighted by molar-refractivity contribution is 6.38. The molecule has 14 heteroatoms. The molecule has 6 rings (SSSR count). The van der Waals surface area contributed by atoms with Crippen LogP contribution < -0.4 is 16.1 Å². The van der Waals surface area contributed by atoms with Crippen LogP contribution in [0.4, 0.5) is 0 Å². The van der Waals surface area contributed by atoms with Crippen LogP contribution in [0, 0.1) is 17.3 Å². The van der Waals surface area contributed by atoms with Gasteiger partial charge in [0.1, 0.15) is 17.7 Å². The molecule has 1 aromatic carbocycles. The molecule has 55 heavy (non-hydrogen) atoms. The van der Waals surface area contributed by atoms with Crippen LogP contribution in [0.3, 0.4) is 0 Å². The van der Waals surface area contributed by atoms with E-state index in [1.54, 1.807) is 12.1 Å². The van der Waals surface area contributed by atoms with E-state index in [1.807, 2.05) is 45.9 Å². The number of halogens is 1. The average molecular weight is 784 g/mol. The van der Waals surface area contributed by atoms with Crippen molar-refractivity contribution in [2.24, 2.45) is 17.3 Å². The fourth-order valence-electron chi connectivity index (χ4n) is 8.34. The van der Waals surface area contributed by atoms with E-state index in [1.165, 1.54) is 16.2 Å². The highest BCUT2D eigenvalue weighted by Gasteiger charge is 2.54. The first-order valence-corrected chi connectivity index (χ1v) is 20.5. The molecular formula is C41H58ClN5O8. The molecule has 4 amide bonds. The van der Waals surface area contributed by atoms with Crippen LogP contribution in [-0.4, -0.2) is 108 Å². The summed E-state index contributed by atoms with van der Waals surface area (Å²) in [6.07, 6.45) is 9.23. The molecule has 4 fully saturated rings. The lowest BCUT2D eigenvalue weighted by molar-refractivity contribution is -0.156. The molecule has 4 aliphatic heterocycles. The Morgan fingerprint density at radius 2 is 1.82 bits per heavy atom. The van der Waals surface area contributed by atoms with Crippen molar-refractivity contribution in [2.75, 3.05) is 39.5 Å². The Kier molecular flexibility index (Phi) is 13.3. The van der Waals surface area contributed by atoms with Crippen molar-refractivity contribution in [3.8, 4) is 0 Å². The predicted molar refractivity (Wildman–Crippen MR) is 206 cm³/mol. The zero-order valence-corrected chi connectivity index (χ0v) is 33.5. The van der Waals surface area contributed by atoms with Gasteiger partial charge >= 0.3 is 0 Å². The number of hydrogen-bond donors (Lipinski definition) is 3. The Morgan fingerprint density at radius 1 is 1.05 bits per heavy atom. The van der Waals surface area contributed by atoms with Crippen molar-refractivity contribution in [2.45, 2.75) is 122 Å². The third kappa shape index (κ3) is 10.1. The summed E-state index contributed by atoms with van der Waals surface area (Å²) in [7, 11) is 0. The normalized spacial score (nSPS) is 25.6. The second-order valence-corrected chi connectivity index (χ2v) is 17.6. The van der Waals surface area contributed by atoms with E-state index < -0.39 is 52.6 Å². The van der Waals surface area contributed by atoms with Gasteiger partial charge in [-0.2, -0.15) is 0 Å². The van der Waals surface area contributed by atoms with E-state index in [0.29, 0.717) is 55.8 Å². The van der Waals surface area contributed by atoms with E-state index in [0.717, 1.165) is 44.3 Å². The van der Waals surface area contributed by atoms with Gasteiger partial charge < -0.3 is 29.9 Å². The van der Waals surface area contributed by atoms with Crippen molar-refractivity contribution in [3.05, 3.63) is 40.9 Å². The number of nitrogens with one attached hydrogen (secondary N) is 3. The zero-order chi connectivity index (χ0) is 39.3. The van der Waals surface area contributed by atoms with Crippen molar-refractivity contribution < 1.29 is 38.3 Å². The minimum absolute atomic E-state index is 0.0134. The van der Waals surface area contributed by atoms with Gasteiger partial charge in [-0.25, -0.2) is 0 Å². The van der Waals surface area contributed by atoms with Crippen LogP contribution in [0.25, 0.3) is 5.70 Å². The molecule has 3 saturated heterocycles. The molecule has 1 aliphatic carbocycles. The standard InChI is InChI=1S/C41H58ClN5O8/c1-5-10-31(35(49)38(51)46-21-30(22-46)54-24-27-15-16-53-23-27)43-37(50)33-20-41(19-32(45-55-41)28-13-9-14-29(42)18-28)25-47(33)39(52)36(40(2,3)4)44-34(48)17-26-11-7-6-8-12-26/h9,13-14,18-19,26-27,30-31,33,36,45H,5-8,10-12,15-17,20-25H2,1-4H3,(H,43,50)(H,44,48)/t27?,31-,33-,36+,41+/m0/s1. The number of hydrogen-bond acceptors (Lipinski definition) is 9. The number of amides is 4. The number of hydroxylamine groups is 1. The van der Waals surface area contributed by atoms with Crippen molar-refractivity contribution >= 4 is 46.7 Å². The van der Waals surface area contributed by atoms with E-state index >= 15 is 0 Å². The molecule has 1 aromatic rings. The Labute approximate surface area is 329 Å². The number of benzene rings is 1. The fourth-order valence-corrected chi connectivity index (χ4v) is 8.53. The molecule has 4 heterocycles. The Hall–Kier alpha value is -3.52. The quantitative estimate of drug-likeness (QED) is 0.236. The van der Waals surface area contributed by atoms with Crippen LogP contribution in [-0.2, 0) is 38.3 Å². The summed E-state index contributed by atoms with van der Waals surface area (Å²) in [6, 6.07) is 4.18. The topological polar surface area (TPSA) is 156 Å². The molecule has 0 radical (unpaired) electrons. The number of rotatable bonds is 14. The highest BCUT2D eigenvalue weighted by Crippen LogP contribution is 2.39. The Bertz CT molecular complexity index is 1610. The summed E-state index contributed by atoms with van der Waals surface area (Å²) in [5.74, 6) is -1.91. The maximum absolute atomic E-state index is 14.7. The Balaban J connectivity index is 1.18.